The van der Waals surface area contributed by atoms with Crippen molar-refractivity contribution < 1.29 is 13.5 Å². The average Bonchev–Trinajstić information content (AvgIpc) is 2.47. The molecule has 118 valence electrons. The maximum atomic E-state index is 12.7. The third-order valence-corrected chi connectivity index (χ3v) is 5.63. The SMILES string of the molecule is O=S(=O)(c1ccc(Cl)cc1Cl)N(CCO)Cc1ccccc1. The minimum absolute atomic E-state index is 0.0177. The van der Waals surface area contributed by atoms with Crippen LogP contribution >= 0.6 is 23.2 Å². The minimum atomic E-state index is -3.83. The van der Waals surface area contributed by atoms with Gasteiger partial charge in [0.05, 0.1) is 11.6 Å². The van der Waals surface area contributed by atoms with Crippen molar-refractivity contribution in [2.45, 2.75) is 11.4 Å². The summed E-state index contributed by atoms with van der Waals surface area (Å²) in [6.45, 7) is -0.143. The van der Waals surface area contributed by atoms with Crippen LogP contribution in [0.5, 0.6) is 0 Å². The van der Waals surface area contributed by atoms with E-state index < -0.39 is 10.0 Å². The molecule has 0 saturated heterocycles. The van der Waals surface area contributed by atoms with Crippen LogP contribution in [0.25, 0.3) is 0 Å². The highest BCUT2D eigenvalue weighted by Crippen LogP contribution is 2.28. The molecule has 2 aromatic carbocycles. The first-order valence-electron chi connectivity index (χ1n) is 6.55. The summed E-state index contributed by atoms with van der Waals surface area (Å²) in [5.41, 5.74) is 0.824. The zero-order chi connectivity index (χ0) is 16.2. The summed E-state index contributed by atoms with van der Waals surface area (Å²) in [5, 5.41) is 9.60. The number of nitrogens with zero attached hydrogens (tertiary/aromatic N) is 1. The van der Waals surface area contributed by atoms with E-state index in [9.17, 15) is 13.5 Å². The van der Waals surface area contributed by atoms with Gasteiger partial charge in [0.25, 0.3) is 0 Å². The van der Waals surface area contributed by atoms with Crippen LogP contribution in [-0.2, 0) is 16.6 Å². The average molecular weight is 360 g/mol. The van der Waals surface area contributed by atoms with Gasteiger partial charge in [-0.25, -0.2) is 8.42 Å². The lowest BCUT2D eigenvalue weighted by Gasteiger charge is -2.22. The third kappa shape index (κ3) is 4.00. The fourth-order valence-electron chi connectivity index (χ4n) is 2.01. The standard InChI is InChI=1S/C15H15Cl2NO3S/c16-13-6-7-15(14(17)10-13)22(20,21)18(8-9-19)11-12-4-2-1-3-5-12/h1-7,10,19H,8-9,11H2. The van der Waals surface area contributed by atoms with Crippen molar-refractivity contribution in [1.82, 2.24) is 4.31 Å². The summed E-state index contributed by atoms with van der Waals surface area (Å²) in [4.78, 5) is -0.0250. The zero-order valence-corrected chi connectivity index (χ0v) is 13.9. The van der Waals surface area contributed by atoms with Gasteiger partial charge in [-0.1, -0.05) is 53.5 Å². The number of rotatable bonds is 6. The van der Waals surface area contributed by atoms with Gasteiger partial charge in [0.1, 0.15) is 4.90 Å². The molecule has 7 heteroatoms. The Kier molecular flexibility index (Phi) is 5.83. The molecule has 22 heavy (non-hydrogen) atoms. The lowest BCUT2D eigenvalue weighted by atomic mass is 10.2. The topological polar surface area (TPSA) is 57.6 Å². The highest BCUT2D eigenvalue weighted by molar-refractivity contribution is 7.89. The van der Waals surface area contributed by atoms with Gasteiger partial charge in [-0.3, -0.25) is 0 Å². The molecule has 0 amide bonds. The number of hydrogen-bond donors (Lipinski definition) is 1. The van der Waals surface area contributed by atoms with Crippen LogP contribution in [0.1, 0.15) is 5.56 Å². The van der Waals surface area contributed by atoms with Gasteiger partial charge in [0.15, 0.2) is 0 Å². The molecule has 2 rings (SSSR count). The van der Waals surface area contributed by atoms with Crippen LogP contribution in [-0.4, -0.2) is 31.0 Å². The van der Waals surface area contributed by atoms with E-state index in [4.69, 9.17) is 23.2 Å². The molecule has 0 aromatic heterocycles. The molecule has 0 bridgehead atoms. The molecule has 0 aliphatic carbocycles. The zero-order valence-electron chi connectivity index (χ0n) is 11.6. The number of aliphatic hydroxyl groups is 1. The Morgan fingerprint density at radius 1 is 1.05 bits per heavy atom. The molecule has 1 N–H and O–H groups in total. The number of aliphatic hydroxyl groups excluding tert-OH is 1. The van der Waals surface area contributed by atoms with Crippen LogP contribution in [0.3, 0.4) is 0 Å². The molecule has 0 fully saturated rings. The predicted molar refractivity (Wildman–Crippen MR) is 87.6 cm³/mol. The van der Waals surface area contributed by atoms with E-state index in [-0.39, 0.29) is 29.6 Å². The smallest absolute Gasteiger partial charge is 0.244 e. The Labute approximate surface area is 140 Å². The Morgan fingerprint density at radius 2 is 1.73 bits per heavy atom. The van der Waals surface area contributed by atoms with E-state index in [1.807, 2.05) is 30.3 Å². The number of halogens is 2. The first kappa shape index (κ1) is 17.2. The number of benzene rings is 2. The Balaban J connectivity index is 2.37. The second kappa shape index (κ2) is 7.44. The van der Waals surface area contributed by atoms with Crippen molar-refractivity contribution in [3.05, 3.63) is 64.1 Å². The van der Waals surface area contributed by atoms with E-state index in [2.05, 4.69) is 0 Å². The Bertz CT molecular complexity index is 736. The fraction of sp³-hybridized carbons (Fsp3) is 0.200. The van der Waals surface area contributed by atoms with Crippen molar-refractivity contribution in [3.8, 4) is 0 Å². The predicted octanol–water partition coefficient (Wildman–Crippen LogP) is 3.18. The van der Waals surface area contributed by atoms with E-state index >= 15 is 0 Å². The normalized spacial score (nSPS) is 11.8. The van der Waals surface area contributed by atoms with Gasteiger partial charge < -0.3 is 5.11 Å². The molecule has 0 spiro atoms. The quantitative estimate of drug-likeness (QED) is 0.861. The summed E-state index contributed by atoms with van der Waals surface area (Å²) >= 11 is 11.8. The largest absolute Gasteiger partial charge is 0.395 e. The highest BCUT2D eigenvalue weighted by atomic mass is 35.5. The molecule has 0 unspecified atom stereocenters. The molecule has 2 aromatic rings. The van der Waals surface area contributed by atoms with E-state index in [1.165, 1.54) is 22.5 Å². The molecule has 0 radical (unpaired) electrons. The van der Waals surface area contributed by atoms with Gasteiger partial charge in [-0.15, -0.1) is 0 Å². The maximum absolute atomic E-state index is 12.7. The Morgan fingerprint density at radius 3 is 2.32 bits per heavy atom. The second-order valence-corrected chi connectivity index (χ2v) is 7.37. The van der Waals surface area contributed by atoms with Gasteiger partial charge in [0, 0.05) is 18.1 Å². The van der Waals surface area contributed by atoms with Gasteiger partial charge in [-0.05, 0) is 23.8 Å². The summed E-state index contributed by atoms with van der Waals surface area (Å²) in [6, 6.07) is 13.4. The monoisotopic (exact) mass is 359 g/mol. The molecule has 0 aliphatic rings. The number of sulfonamides is 1. The van der Waals surface area contributed by atoms with Crippen LogP contribution in [0.2, 0.25) is 10.0 Å². The van der Waals surface area contributed by atoms with Crippen LogP contribution in [0, 0.1) is 0 Å². The molecule has 0 saturated carbocycles. The first-order chi connectivity index (χ1) is 10.4. The van der Waals surface area contributed by atoms with E-state index in [0.717, 1.165) is 5.56 Å². The van der Waals surface area contributed by atoms with Crippen molar-refractivity contribution in [2.24, 2.45) is 0 Å². The minimum Gasteiger partial charge on any atom is -0.395 e. The first-order valence-corrected chi connectivity index (χ1v) is 8.74. The van der Waals surface area contributed by atoms with E-state index in [0.29, 0.717) is 5.02 Å². The van der Waals surface area contributed by atoms with Gasteiger partial charge in [0.2, 0.25) is 10.0 Å². The van der Waals surface area contributed by atoms with Gasteiger partial charge in [-0.2, -0.15) is 4.31 Å². The second-order valence-electron chi connectivity index (χ2n) is 4.62. The molecular weight excluding hydrogens is 345 g/mol. The van der Waals surface area contributed by atoms with Crippen molar-refractivity contribution in [2.75, 3.05) is 13.2 Å². The molecule has 0 aliphatic heterocycles. The maximum Gasteiger partial charge on any atom is 0.244 e. The van der Waals surface area contributed by atoms with E-state index in [1.54, 1.807) is 0 Å². The summed E-state index contributed by atoms with van der Waals surface area (Å²) in [6.07, 6.45) is 0. The molecule has 0 heterocycles. The lowest BCUT2D eigenvalue weighted by molar-refractivity contribution is 0.251. The van der Waals surface area contributed by atoms with Crippen molar-refractivity contribution in [1.29, 1.82) is 0 Å². The summed E-state index contributed by atoms with van der Waals surface area (Å²) in [7, 11) is -3.83. The van der Waals surface area contributed by atoms with Crippen LogP contribution in [0.15, 0.2) is 53.4 Å². The molecule has 4 nitrogen and oxygen atoms in total. The van der Waals surface area contributed by atoms with Gasteiger partial charge >= 0.3 is 0 Å². The highest BCUT2D eigenvalue weighted by Gasteiger charge is 2.26. The lowest BCUT2D eigenvalue weighted by Crippen LogP contribution is -2.33. The molecular formula is C15H15Cl2NO3S. The summed E-state index contributed by atoms with van der Waals surface area (Å²) < 4.78 is 26.7. The fourth-order valence-corrected chi connectivity index (χ4v) is 4.17. The number of hydrogen-bond acceptors (Lipinski definition) is 3. The molecule has 0 atom stereocenters. The third-order valence-electron chi connectivity index (χ3n) is 3.06. The van der Waals surface area contributed by atoms with Crippen molar-refractivity contribution >= 4 is 33.2 Å². The van der Waals surface area contributed by atoms with Crippen LogP contribution in [0.4, 0.5) is 0 Å². The van der Waals surface area contributed by atoms with Crippen LogP contribution < -0.4 is 0 Å². The Hall–Kier alpha value is -1.11. The van der Waals surface area contributed by atoms with Crippen molar-refractivity contribution in [3.63, 3.8) is 0 Å². The summed E-state index contributed by atoms with van der Waals surface area (Å²) in [5.74, 6) is 0.